The van der Waals surface area contributed by atoms with Gasteiger partial charge in [-0.1, -0.05) is 46.2 Å². The molecule has 0 radical (unpaired) electrons. The third-order valence-corrected chi connectivity index (χ3v) is 13.3. The number of guanidine groups is 1. The Morgan fingerprint density at radius 2 is 1.34 bits per heavy atom. The first kappa shape index (κ1) is 59.3. The van der Waals surface area contributed by atoms with Crippen LogP contribution in [0.4, 0.5) is 0 Å². The summed E-state index contributed by atoms with van der Waals surface area (Å²) in [7, 11) is 1.41. The molecule has 0 saturated carbocycles. The topological polar surface area (TPSA) is 392 Å². The Morgan fingerprint density at radius 3 is 1.92 bits per heavy atom. The predicted octanol–water partition coefficient (Wildman–Crippen LogP) is -1.61. The number of H-pyrrole nitrogens is 1. The van der Waals surface area contributed by atoms with E-state index < -0.39 is 126 Å². The van der Waals surface area contributed by atoms with Crippen molar-refractivity contribution in [1.29, 1.82) is 0 Å². The molecule has 0 spiro atoms. The van der Waals surface area contributed by atoms with Crippen molar-refractivity contribution in [3.63, 3.8) is 0 Å². The quantitative estimate of drug-likeness (QED) is 0.0454. The number of hydrogen-bond donors (Lipinski definition) is 12. The van der Waals surface area contributed by atoms with E-state index in [1.807, 2.05) is 6.92 Å². The summed E-state index contributed by atoms with van der Waals surface area (Å²) in [5.41, 5.74) is 17.8. The van der Waals surface area contributed by atoms with Crippen LogP contribution in [-0.2, 0) is 56.0 Å². The van der Waals surface area contributed by atoms with Crippen molar-refractivity contribution >= 4 is 59.2 Å². The summed E-state index contributed by atoms with van der Waals surface area (Å²) in [6.45, 7) is 7.25. The van der Waals surface area contributed by atoms with Gasteiger partial charge in [0.1, 0.15) is 54.1 Å². The summed E-state index contributed by atoms with van der Waals surface area (Å²) in [4.78, 5) is 142. The molecule has 0 unspecified atom stereocenters. The van der Waals surface area contributed by atoms with E-state index in [1.165, 1.54) is 41.5 Å². The van der Waals surface area contributed by atoms with Gasteiger partial charge in [-0.25, -0.2) is 4.98 Å². The van der Waals surface area contributed by atoms with Gasteiger partial charge in [0.05, 0.1) is 6.33 Å². The lowest BCUT2D eigenvalue weighted by atomic mass is 9.94. The van der Waals surface area contributed by atoms with E-state index >= 15 is 0 Å². The van der Waals surface area contributed by atoms with Crippen LogP contribution in [0.3, 0.4) is 0 Å². The third kappa shape index (κ3) is 17.4. The minimum absolute atomic E-state index is 0.00483. The number of aromatic hydroxyl groups is 1. The molecule has 2 fully saturated rings. The molecule has 2 aliphatic rings. The first-order valence-electron chi connectivity index (χ1n) is 25.3. The number of carboxylic acid groups (broad SMARTS) is 1. The number of amides is 8. The number of nitrogens with one attached hydrogen (secondary N) is 7. The molecule has 74 heavy (non-hydrogen) atoms. The number of likely N-dealkylation sites (N-methyl/N-ethyl adjacent to an activating group) is 1. The molecule has 2 aliphatic heterocycles. The number of carbonyl (C=O) groups is 9. The highest BCUT2D eigenvalue weighted by atomic mass is 16.4. The number of hydrogen-bond acceptors (Lipinski definition) is 13. The number of unbranched alkanes of at least 4 members (excludes halogenated alkanes) is 1. The normalized spacial score (nSPS) is 24.6. The number of phenols is 1. The van der Waals surface area contributed by atoms with E-state index in [0.717, 1.165) is 0 Å². The maximum Gasteiger partial charge on any atom is 0.303 e. The van der Waals surface area contributed by atoms with Crippen LogP contribution in [0, 0.1) is 11.8 Å². The fraction of sp³-hybridized carbons (Fsp3) is 0.612. The molecular formula is C49H76N14O11. The first-order valence-corrected chi connectivity index (χ1v) is 25.3. The minimum atomic E-state index is -1.52. The van der Waals surface area contributed by atoms with Crippen LogP contribution in [0.5, 0.6) is 5.75 Å². The fourth-order valence-electron chi connectivity index (χ4n) is 9.00. The Hall–Kier alpha value is -7.31. The number of aliphatic carboxylic acids is 1. The number of nitrogens with zero attached hydrogens (tertiary/aromatic N) is 4. The van der Waals surface area contributed by atoms with Gasteiger partial charge in [0.15, 0.2) is 5.96 Å². The molecule has 408 valence electrons. The highest BCUT2D eigenvalue weighted by Gasteiger charge is 2.43. The smallest absolute Gasteiger partial charge is 0.303 e. The van der Waals surface area contributed by atoms with Gasteiger partial charge in [0.25, 0.3) is 0 Å². The van der Waals surface area contributed by atoms with Gasteiger partial charge in [0.2, 0.25) is 47.3 Å². The third-order valence-electron chi connectivity index (χ3n) is 13.3. The van der Waals surface area contributed by atoms with Crippen LogP contribution in [0.1, 0.15) is 103 Å². The van der Waals surface area contributed by atoms with Gasteiger partial charge < -0.3 is 74.1 Å². The van der Waals surface area contributed by atoms with Gasteiger partial charge in [-0.3, -0.25) is 48.1 Å². The van der Waals surface area contributed by atoms with Gasteiger partial charge >= 0.3 is 5.97 Å². The lowest BCUT2D eigenvalue weighted by Gasteiger charge is -2.36. The average molecular weight is 1040 g/mol. The van der Waals surface area contributed by atoms with Crippen LogP contribution in [-0.4, -0.2) is 164 Å². The number of aromatic amines is 1. The predicted molar refractivity (Wildman–Crippen MR) is 271 cm³/mol. The van der Waals surface area contributed by atoms with Crippen LogP contribution >= 0.6 is 0 Å². The number of benzene rings is 1. The Morgan fingerprint density at radius 1 is 0.757 bits per heavy atom. The number of phenolic OH excluding ortho intramolecular Hbond substituents is 1. The Labute approximate surface area is 430 Å². The monoisotopic (exact) mass is 1040 g/mol. The number of rotatable bonds is 18. The number of fused-ring (bicyclic) bond motifs is 1. The lowest BCUT2D eigenvalue weighted by molar-refractivity contribution is -0.146. The Bertz CT molecular complexity index is 2270. The van der Waals surface area contributed by atoms with Crippen molar-refractivity contribution in [1.82, 2.24) is 51.7 Å². The Balaban J connectivity index is 1.88. The molecule has 15 N–H and O–H groups in total. The number of aliphatic imine (C=N–C) groups is 1. The van der Waals surface area contributed by atoms with E-state index in [1.54, 1.807) is 32.9 Å². The maximum absolute atomic E-state index is 14.9. The number of aromatic nitrogens is 2. The molecule has 0 bridgehead atoms. The lowest BCUT2D eigenvalue weighted by Crippen LogP contribution is -2.63. The molecule has 0 aliphatic carbocycles. The van der Waals surface area contributed by atoms with Gasteiger partial charge in [-0.05, 0) is 87.4 Å². The number of nitrogens with two attached hydrogens (primary N) is 3. The summed E-state index contributed by atoms with van der Waals surface area (Å²) < 4.78 is 0. The largest absolute Gasteiger partial charge is 0.508 e. The molecule has 2 saturated heterocycles. The second-order valence-corrected chi connectivity index (χ2v) is 19.3. The zero-order valence-corrected chi connectivity index (χ0v) is 42.9. The summed E-state index contributed by atoms with van der Waals surface area (Å²) in [6, 6.07) is -4.67. The zero-order chi connectivity index (χ0) is 54.6. The fourth-order valence-corrected chi connectivity index (χ4v) is 9.00. The number of carbonyl (C=O) groups excluding carboxylic acids is 8. The van der Waals surface area contributed by atoms with Gasteiger partial charge in [-0.15, -0.1) is 0 Å². The summed E-state index contributed by atoms with van der Waals surface area (Å²) >= 11 is 0. The van der Waals surface area contributed by atoms with Gasteiger partial charge in [-0.2, -0.15) is 0 Å². The molecule has 25 nitrogen and oxygen atoms in total. The summed E-state index contributed by atoms with van der Waals surface area (Å²) in [5, 5.41) is 36.1. The van der Waals surface area contributed by atoms with Crippen molar-refractivity contribution in [3.05, 3.63) is 48.0 Å². The molecule has 9 atom stereocenters. The molecule has 1 aromatic heterocycles. The van der Waals surface area contributed by atoms with E-state index in [0.29, 0.717) is 36.9 Å². The van der Waals surface area contributed by atoms with Crippen LogP contribution in [0.2, 0.25) is 0 Å². The van der Waals surface area contributed by atoms with Crippen molar-refractivity contribution in [2.75, 3.05) is 26.7 Å². The molecule has 25 heteroatoms. The van der Waals surface area contributed by atoms with Crippen LogP contribution in [0.15, 0.2) is 41.8 Å². The Kier molecular flexibility index (Phi) is 23.1. The second kappa shape index (κ2) is 28.8. The standard InChI is InChI=1S/C49H76N14O11/c1-6-28(4)40-46(72)60-36(24-30-25-53-26-55-30)48(74)63-22-10-13-37(63)44(70)58-34(18-19-38(65)66)42(68)56-32(11-7-8-20-50)41(67)57-33(12-9-21-54-49(51)52)43(69)61-39(27(2)3)45(71)59-35(47(73)62(40)5)23-29-14-16-31(64)17-15-29/h14-17,25-28,32-37,39-40,64H,6-13,18-24,50H2,1-5H3,(H,53,55)(H,56,68)(H,57,67)(H,58,70)(H,59,71)(H,60,72)(H,61,69)(H,65,66)(H4,51,52,54)/t28-,32-,33+,34+,35+,36+,37-,39-,40-/m0/s1. The van der Waals surface area contributed by atoms with E-state index in [-0.39, 0.29) is 69.9 Å². The van der Waals surface area contributed by atoms with Crippen molar-refractivity contribution < 1.29 is 53.4 Å². The van der Waals surface area contributed by atoms with Crippen molar-refractivity contribution in [2.24, 2.45) is 34.0 Å². The second-order valence-electron chi connectivity index (χ2n) is 19.3. The minimum Gasteiger partial charge on any atom is -0.508 e. The van der Waals surface area contributed by atoms with E-state index in [2.05, 4.69) is 46.9 Å². The zero-order valence-electron chi connectivity index (χ0n) is 42.9. The SMILES string of the molecule is CC[C@H](C)[C@H]1C(=O)N[C@H](Cc2cnc[nH]2)C(=O)N2CCC[C@H]2C(=O)N[C@H](CCC(=O)O)C(=O)N[C@@H](CCCCN)C(=O)N[C@H](CCCN=C(N)N)C(=O)N[C@@H](C(C)C)C(=O)N[C@H](Cc2ccc(O)cc2)C(=O)N1C. The number of imidazole rings is 1. The maximum atomic E-state index is 14.9. The van der Waals surface area contributed by atoms with Crippen LogP contribution in [0.25, 0.3) is 0 Å². The van der Waals surface area contributed by atoms with Crippen molar-refractivity contribution in [2.45, 2.75) is 153 Å². The number of carboxylic acids is 1. The molecule has 2 aromatic rings. The van der Waals surface area contributed by atoms with Crippen molar-refractivity contribution in [3.8, 4) is 5.75 Å². The molecule has 1 aromatic carbocycles. The highest BCUT2D eigenvalue weighted by Crippen LogP contribution is 2.23. The van der Waals surface area contributed by atoms with Crippen LogP contribution < -0.4 is 49.1 Å². The molecular weight excluding hydrogens is 961 g/mol. The summed E-state index contributed by atoms with van der Waals surface area (Å²) in [6.07, 6.45) is 3.39. The van der Waals surface area contributed by atoms with E-state index in [9.17, 15) is 53.4 Å². The average Bonchev–Trinajstić information content (AvgIpc) is 4.07. The first-order chi connectivity index (χ1) is 35.1. The van der Waals surface area contributed by atoms with E-state index in [4.69, 9.17) is 17.2 Å². The molecule has 3 heterocycles. The summed E-state index contributed by atoms with van der Waals surface area (Å²) in [5.74, 6) is -8.87. The molecule has 8 amide bonds. The highest BCUT2D eigenvalue weighted by molar-refractivity contribution is 5.99. The van der Waals surface area contributed by atoms with Gasteiger partial charge in [0, 0.05) is 51.3 Å². The molecule has 4 rings (SSSR count).